The smallest absolute Gasteiger partial charge is 0.0695 e. The Balaban J connectivity index is 2.44. The average molecular weight is 215 g/mol. The topological polar surface area (TPSA) is 43.7 Å². The van der Waals surface area contributed by atoms with Crippen molar-refractivity contribution in [3.63, 3.8) is 0 Å². The number of aliphatic hydroxyl groups excluding tert-OH is 2. The van der Waals surface area contributed by atoms with E-state index in [1.54, 1.807) is 0 Å². The number of hydrogen-bond acceptors (Lipinski definition) is 3. The number of aliphatic hydroxyl groups is 2. The van der Waals surface area contributed by atoms with Gasteiger partial charge in [0.2, 0.25) is 0 Å². The Morgan fingerprint density at radius 1 is 1.20 bits per heavy atom. The Kier molecular flexibility index (Phi) is 6.22. The monoisotopic (exact) mass is 215 g/mol. The van der Waals surface area contributed by atoms with E-state index in [0.29, 0.717) is 6.54 Å². The molecule has 3 heteroatoms. The molecule has 1 saturated carbocycles. The van der Waals surface area contributed by atoms with Crippen molar-refractivity contribution in [2.24, 2.45) is 0 Å². The van der Waals surface area contributed by atoms with Gasteiger partial charge in [-0.25, -0.2) is 0 Å². The summed E-state index contributed by atoms with van der Waals surface area (Å²) >= 11 is 0. The van der Waals surface area contributed by atoms with Gasteiger partial charge in [0.25, 0.3) is 0 Å². The second kappa shape index (κ2) is 7.20. The molecule has 1 fully saturated rings. The number of unbranched alkanes of at least 4 members (excludes halogenated alkanes) is 1. The highest BCUT2D eigenvalue weighted by atomic mass is 16.3. The Labute approximate surface area is 93.1 Å². The summed E-state index contributed by atoms with van der Waals surface area (Å²) in [6, 6.07) is 0.289. The lowest BCUT2D eigenvalue weighted by Crippen LogP contribution is -2.47. The lowest BCUT2D eigenvalue weighted by molar-refractivity contribution is 0.0121. The molecule has 2 atom stereocenters. The second-order valence-electron chi connectivity index (χ2n) is 4.53. The predicted molar refractivity (Wildman–Crippen MR) is 61.8 cm³/mol. The van der Waals surface area contributed by atoms with Crippen LogP contribution in [-0.2, 0) is 0 Å². The minimum atomic E-state index is -0.179. The van der Waals surface area contributed by atoms with Crippen molar-refractivity contribution >= 4 is 0 Å². The lowest BCUT2D eigenvalue weighted by atomic mass is 9.91. The van der Waals surface area contributed by atoms with Crippen molar-refractivity contribution in [3.05, 3.63) is 0 Å². The molecule has 0 amide bonds. The van der Waals surface area contributed by atoms with Crippen LogP contribution in [0.25, 0.3) is 0 Å². The summed E-state index contributed by atoms with van der Waals surface area (Å²) in [4.78, 5) is 2.27. The molecule has 1 aliphatic rings. The van der Waals surface area contributed by atoms with Gasteiger partial charge in [-0.1, -0.05) is 26.2 Å². The van der Waals surface area contributed by atoms with Crippen LogP contribution < -0.4 is 0 Å². The van der Waals surface area contributed by atoms with Crippen LogP contribution in [0.4, 0.5) is 0 Å². The molecular weight excluding hydrogens is 190 g/mol. The fourth-order valence-corrected chi connectivity index (χ4v) is 2.45. The molecule has 0 unspecified atom stereocenters. The molecule has 0 aliphatic heterocycles. The molecular formula is C12H25NO2. The molecule has 0 aromatic heterocycles. The quantitative estimate of drug-likeness (QED) is 0.703. The Bertz CT molecular complexity index is 164. The number of nitrogens with zero attached hydrogens (tertiary/aromatic N) is 1. The van der Waals surface area contributed by atoms with E-state index in [-0.39, 0.29) is 18.8 Å². The van der Waals surface area contributed by atoms with E-state index in [1.807, 2.05) is 0 Å². The van der Waals surface area contributed by atoms with Gasteiger partial charge in [-0.3, -0.25) is 4.90 Å². The summed E-state index contributed by atoms with van der Waals surface area (Å²) in [6.07, 6.45) is 6.54. The van der Waals surface area contributed by atoms with Gasteiger partial charge in [-0.05, 0) is 25.8 Å². The third kappa shape index (κ3) is 4.09. The van der Waals surface area contributed by atoms with Crippen LogP contribution in [0.1, 0.15) is 45.4 Å². The van der Waals surface area contributed by atoms with Crippen LogP contribution in [0, 0.1) is 0 Å². The molecule has 1 rings (SSSR count). The van der Waals surface area contributed by atoms with Crippen LogP contribution >= 0.6 is 0 Å². The van der Waals surface area contributed by atoms with Crippen molar-refractivity contribution in [2.45, 2.75) is 57.6 Å². The van der Waals surface area contributed by atoms with E-state index in [4.69, 9.17) is 5.11 Å². The standard InChI is InChI=1S/C12H25NO2/c1-2-3-8-13(9-10-14)11-6-4-5-7-12(11)15/h11-12,14-15H,2-10H2,1H3/t11-,12-/m1/s1. The van der Waals surface area contributed by atoms with E-state index in [2.05, 4.69) is 11.8 Å². The molecule has 0 saturated heterocycles. The predicted octanol–water partition coefficient (Wildman–Crippen LogP) is 1.38. The highest BCUT2D eigenvalue weighted by molar-refractivity contribution is 4.82. The zero-order chi connectivity index (χ0) is 11.1. The molecule has 0 aromatic carbocycles. The maximum absolute atomic E-state index is 9.94. The summed E-state index contributed by atoms with van der Waals surface area (Å²) < 4.78 is 0. The van der Waals surface area contributed by atoms with Crippen molar-refractivity contribution < 1.29 is 10.2 Å². The molecule has 1 aliphatic carbocycles. The largest absolute Gasteiger partial charge is 0.395 e. The van der Waals surface area contributed by atoms with Crippen molar-refractivity contribution in [3.8, 4) is 0 Å². The minimum absolute atomic E-state index is 0.179. The molecule has 0 heterocycles. The van der Waals surface area contributed by atoms with Crippen LogP contribution in [-0.4, -0.2) is 47.0 Å². The summed E-state index contributed by atoms with van der Waals surface area (Å²) in [5.41, 5.74) is 0. The zero-order valence-corrected chi connectivity index (χ0v) is 9.86. The highest BCUT2D eigenvalue weighted by Crippen LogP contribution is 2.23. The van der Waals surface area contributed by atoms with Crippen LogP contribution in [0.3, 0.4) is 0 Å². The Hall–Kier alpha value is -0.120. The SMILES string of the molecule is CCCCN(CCO)[C@@H]1CCCC[C@H]1O. The average Bonchev–Trinajstić information content (AvgIpc) is 2.25. The highest BCUT2D eigenvalue weighted by Gasteiger charge is 2.27. The third-order valence-corrected chi connectivity index (χ3v) is 3.35. The van der Waals surface area contributed by atoms with Crippen molar-refractivity contribution in [1.82, 2.24) is 4.90 Å². The fourth-order valence-electron chi connectivity index (χ4n) is 2.45. The van der Waals surface area contributed by atoms with Gasteiger partial charge in [-0.15, -0.1) is 0 Å². The lowest BCUT2D eigenvalue weighted by Gasteiger charge is -2.37. The van der Waals surface area contributed by atoms with Crippen molar-refractivity contribution in [1.29, 1.82) is 0 Å². The van der Waals surface area contributed by atoms with E-state index < -0.39 is 0 Å². The zero-order valence-electron chi connectivity index (χ0n) is 9.86. The van der Waals surface area contributed by atoms with Gasteiger partial charge in [0, 0.05) is 12.6 Å². The first-order valence-corrected chi connectivity index (χ1v) is 6.32. The maximum atomic E-state index is 9.94. The van der Waals surface area contributed by atoms with Crippen molar-refractivity contribution in [2.75, 3.05) is 19.7 Å². The second-order valence-corrected chi connectivity index (χ2v) is 4.53. The molecule has 0 spiro atoms. The van der Waals surface area contributed by atoms with Gasteiger partial charge in [0.05, 0.1) is 12.7 Å². The normalized spacial score (nSPS) is 27.2. The summed E-state index contributed by atoms with van der Waals surface area (Å²) in [7, 11) is 0. The van der Waals surface area contributed by atoms with Crippen LogP contribution in [0.15, 0.2) is 0 Å². The summed E-state index contributed by atoms with van der Waals surface area (Å²) in [5.74, 6) is 0. The van der Waals surface area contributed by atoms with Crippen LogP contribution in [0.5, 0.6) is 0 Å². The number of hydrogen-bond donors (Lipinski definition) is 2. The first kappa shape index (κ1) is 12.9. The Morgan fingerprint density at radius 2 is 1.93 bits per heavy atom. The van der Waals surface area contributed by atoms with Gasteiger partial charge in [-0.2, -0.15) is 0 Å². The molecule has 0 radical (unpaired) electrons. The van der Waals surface area contributed by atoms with E-state index in [9.17, 15) is 5.11 Å². The fraction of sp³-hybridized carbons (Fsp3) is 1.00. The van der Waals surface area contributed by atoms with Gasteiger partial charge in [0.1, 0.15) is 0 Å². The third-order valence-electron chi connectivity index (χ3n) is 3.35. The first-order chi connectivity index (χ1) is 7.29. The van der Waals surface area contributed by atoms with Gasteiger partial charge in [0.15, 0.2) is 0 Å². The maximum Gasteiger partial charge on any atom is 0.0695 e. The molecule has 0 bridgehead atoms. The number of rotatable bonds is 6. The molecule has 3 nitrogen and oxygen atoms in total. The van der Waals surface area contributed by atoms with E-state index in [1.165, 1.54) is 12.8 Å². The molecule has 0 aromatic rings. The van der Waals surface area contributed by atoms with E-state index >= 15 is 0 Å². The summed E-state index contributed by atoms with van der Waals surface area (Å²) in [6.45, 7) is 4.10. The molecule has 90 valence electrons. The van der Waals surface area contributed by atoms with E-state index in [0.717, 1.165) is 32.2 Å². The molecule has 15 heavy (non-hydrogen) atoms. The van der Waals surface area contributed by atoms with Crippen LogP contribution in [0.2, 0.25) is 0 Å². The molecule has 2 N–H and O–H groups in total. The first-order valence-electron chi connectivity index (χ1n) is 6.32. The minimum Gasteiger partial charge on any atom is -0.395 e. The van der Waals surface area contributed by atoms with Gasteiger partial charge < -0.3 is 10.2 Å². The summed E-state index contributed by atoms with van der Waals surface area (Å²) in [5, 5.41) is 19.0. The Morgan fingerprint density at radius 3 is 2.53 bits per heavy atom. The van der Waals surface area contributed by atoms with Gasteiger partial charge >= 0.3 is 0 Å².